The van der Waals surface area contributed by atoms with Gasteiger partial charge in [0.2, 0.25) is 5.91 Å². The molecule has 0 N–H and O–H groups in total. The van der Waals surface area contributed by atoms with Crippen molar-refractivity contribution in [1.82, 2.24) is 35.0 Å². The molecule has 2 aliphatic heterocycles. The Balaban J connectivity index is 1.12. The van der Waals surface area contributed by atoms with Gasteiger partial charge in [0.05, 0.1) is 37.3 Å². The number of halogens is 1. The van der Waals surface area contributed by atoms with Crippen LogP contribution in [0.5, 0.6) is 5.75 Å². The van der Waals surface area contributed by atoms with E-state index < -0.39 is 11.9 Å². The number of hydrogen-bond acceptors (Lipinski definition) is 9. The zero-order valence-corrected chi connectivity index (χ0v) is 20.2. The first-order chi connectivity index (χ1) is 18.1. The highest BCUT2D eigenvalue weighted by Crippen LogP contribution is 2.36. The second-order valence-electron chi connectivity index (χ2n) is 9.49. The molecule has 190 valence electrons. The van der Waals surface area contributed by atoms with Crippen LogP contribution in [0.15, 0.2) is 30.6 Å². The van der Waals surface area contributed by atoms with Crippen LogP contribution < -0.4 is 4.74 Å². The van der Waals surface area contributed by atoms with E-state index in [1.807, 2.05) is 17.0 Å². The number of rotatable bonds is 4. The van der Waals surface area contributed by atoms with Gasteiger partial charge in [0.25, 0.3) is 0 Å². The number of benzene rings is 1. The van der Waals surface area contributed by atoms with Crippen LogP contribution in [0, 0.1) is 17.1 Å². The van der Waals surface area contributed by atoms with Crippen LogP contribution in [0.2, 0.25) is 0 Å². The predicted octanol–water partition coefficient (Wildman–Crippen LogP) is 1.39. The van der Waals surface area contributed by atoms with Gasteiger partial charge in [-0.25, -0.2) is 9.37 Å². The summed E-state index contributed by atoms with van der Waals surface area (Å²) in [6.07, 6.45) is 2.46. The highest BCUT2D eigenvalue weighted by molar-refractivity contribution is 5.85. The summed E-state index contributed by atoms with van der Waals surface area (Å²) in [7, 11) is 1.41. The number of carbonyl (C=O) groups is 1. The van der Waals surface area contributed by atoms with Crippen molar-refractivity contribution in [2.75, 3.05) is 39.9 Å². The number of tetrazole rings is 1. The molecule has 0 saturated carbocycles. The SMILES string of the molecule is COc1cc(F)c([C@H]2CN3CCN(C(=O)C4CCc5nc(-n6cnnn6)ccc54)C[C@@H]3CO2)cc1C#N. The second-order valence-corrected chi connectivity index (χ2v) is 9.49. The molecule has 3 atom stereocenters. The van der Waals surface area contributed by atoms with Gasteiger partial charge in [0, 0.05) is 43.5 Å². The molecule has 6 rings (SSSR count). The van der Waals surface area contributed by atoms with Crippen LogP contribution in [0.25, 0.3) is 5.82 Å². The third-order valence-corrected chi connectivity index (χ3v) is 7.51. The smallest absolute Gasteiger partial charge is 0.230 e. The first-order valence-electron chi connectivity index (χ1n) is 12.2. The minimum absolute atomic E-state index is 0.0342. The Morgan fingerprint density at radius 2 is 2.14 bits per heavy atom. The maximum Gasteiger partial charge on any atom is 0.230 e. The van der Waals surface area contributed by atoms with Gasteiger partial charge in [-0.05, 0) is 41.0 Å². The first-order valence-corrected chi connectivity index (χ1v) is 12.2. The summed E-state index contributed by atoms with van der Waals surface area (Å²) in [5.74, 6) is 0.281. The van der Waals surface area contributed by atoms with E-state index in [0.29, 0.717) is 44.2 Å². The van der Waals surface area contributed by atoms with Crippen molar-refractivity contribution in [1.29, 1.82) is 5.26 Å². The molecule has 11 nitrogen and oxygen atoms in total. The lowest BCUT2D eigenvalue weighted by Gasteiger charge is -2.46. The number of methoxy groups -OCH3 is 1. The Morgan fingerprint density at radius 1 is 1.24 bits per heavy atom. The number of nitriles is 1. The van der Waals surface area contributed by atoms with Crippen molar-refractivity contribution in [3.05, 3.63) is 58.8 Å². The predicted molar refractivity (Wildman–Crippen MR) is 126 cm³/mol. The zero-order valence-electron chi connectivity index (χ0n) is 20.2. The summed E-state index contributed by atoms with van der Waals surface area (Å²) in [4.78, 5) is 22.4. The topological polar surface area (TPSA) is 122 Å². The van der Waals surface area contributed by atoms with Crippen molar-refractivity contribution in [3.8, 4) is 17.6 Å². The lowest BCUT2D eigenvalue weighted by atomic mass is 9.98. The monoisotopic (exact) mass is 504 g/mol. The summed E-state index contributed by atoms with van der Waals surface area (Å²) in [6, 6.07) is 8.63. The number of fused-ring (bicyclic) bond motifs is 2. The quantitative estimate of drug-likeness (QED) is 0.519. The number of morpholine rings is 1. The van der Waals surface area contributed by atoms with E-state index in [1.54, 1.807) is 0 Å². The van der Waals surface area contributed by atoms with Crippen LogP contribution in [-0.4, -0.2) is 86.8 Å². The van der Waals surface area contributed by atoms with E-state index in [0.717, 1.165) is 24.1 Å². The van der Waals surface area contributed by atoms with Gasteiger partial charge in [-0.3, -0.25) is 9.69 Å². The van der Waals surface area contributed by atoms with E-state index in [9.17, 15) is 14.4 Å². The Hall–Kier alpha value is -3.95. The summed E-state index contributed by atoms with van der Waals surface area (Å²) in [5, 5.41) is 20.6. The molecule has 0 bridgehead atoms. The average molecular weight is 505 g/mol. The molecule has 2 aromatic heterocycles. The van der Waals surface area contributed by atoms with E-state index in [2.05, 4.69) is 31.5 Å². The Labute approximate surface area is 212 Å². The molecule has 2 saturated heterocycles. The normalized spacial score (nSPS) is 23.3. The van der Waals surface area contributed by atoms with E-state index in [-0.39, 0.29) is 29.2 Å². The molecule has 0 spiro atoms. The fourth-order valence-corrected chi connectivity index (χ4v) is 5.57. The second kappa shape index (κ2) is 9.49. The van der Waals surface area contributed by atoms with Crippen molar-refractivity contribution in [2.24, 2.45) is 0 Å². The highest BCUT2D eigenvalue weighted by Gasteiger charge is 2.39. The van der Waals surface area contributed by atoms with Crippen molar-refractivity contribution in [2.45, 2.75) is 30.9 Å². The number of aryl methyl sites for hydroxylation is 1. The number of carbonyl (C=O) groups excluding carboxylic acids is 1. The van der Waals surface area contributed by atoms with E-state index >= 15 is 0 Å². The van der Waals surface area contributed by atoms with Gasteiger partial charge in [-0.1, -0.05) is 6.07 Å². The number of ether oxygens (including phenoxy) is 2. The van der Waals surface area contributed by atoms with Crippen molar-refractivity contribution >= 4 is 5.91 Å². The molecule has 1 aliphatic carbocycles. The van der Waals surface area contributed by atoms with Crippen LogP contribution in [0.4, 0.5) is 4.39 Å². The van der Waals surface area contributed by atoms with E-state index in [4.69, 9.17) is 9.47 Å². The highest BCUT2D eigenvalue weighted by atomic mass is 19.1. The third-order valence-electron chi connectivity index (χ3n) is 7.51. The van der Waals surface area contributed by atoms with Gasteiger partial charge in [0.15, 0.2) is 5.82 Å². The lowest BCUT2D eigenvalue weighted by molar-refractivity contribution is -0.141. The minimum atomic E-state index is -0.487. The van der Waals surface area contributed by atoms with Crippen molar-refractivity contribution in [3.63, 3.8) is 0 Å². The molecule has 1 unspecified atom stereocenters. The molecule has 12 heteroatoms. The largest absolute Gasteiger partial charge is 0.495 e. The number of pyridine rings is 1. The van der Waals surface area contributed by atoms with Gasteiger partial charge < -0.3 is 14.4 Å². The van der Waals surface area contributed by atoms with Gasteiger partial charge in [-0.2, -0.15) is 9.94 Å². The third kappa shape index (κ3) is 4.20. The Kier molecular flexibility index (Phi) is 6.02. The molecule has 3 aromatic rings. The number of nitrogens with zero attached hydrogens (tertiary/aromatic N) is 8. The summed E-state index contributed by atoms with van der Waals surface area (Å²) >= 11 is 0. The molecule has 3 aliphatic rings. The number of aromatic nitrogens is 5. The molecule has 2 fully saturated rings. The van der Waals surface area contributed by atoms with Gasteiger partial charge >= 0.3 is 0 Å². The first kappa shape index (κ1) is 23.4. The molecule has 4 heterocycles. The number of piperazine rings is 1. The lowest BCUT2D eigenvalue weighted by Crippen LogP contribution is -2.60. The van der Waals surface area contributed by atoms with Crippen LogP contribution in [0.3, 0.4) is 0 Å². The van der Waals surface area contributed by atoms with Gasteiger partial charge in [0.1, 0.15) is 24.0 Å². The Morgan fingerprint density at radius 3 is 2.92 bits per heavy atom. The van der Waals surface area contributed by atoms with Crippen LogP contribution >= 0.6 is 0 Å². The van der Waals surface area contributed by atoms with Crippen LogP contribution in [-0.2, 0) is 16.0 Å². The number of hydrogen-bond donors (Lipinski definition) is 0. The van der Waals surface area contributed by atoms with Crippen molar-refractivity contribution < 1.29 is 18.7 Å². The standard InChI is InChI=1S/C25H25FN8O3/c1-36-22-9-20(26)19(8-15(22)10-27)23-12-32-6-7-33(11-16(32)13-37-23)25(35)18-2-4-21-17(18)3-5-24(29-21)34-14-28-30-31-34/h3,5,8-9,14,16,18,23H,2,4,6-7,11-13H2,1H3/t16-,18?,23-/m1/s1. The van der Waals surface area contributed by atoms with Crippen LogP contribution in [0.1, 0.15) is 40.8 Å². The average Bonchev–Trinajstić information content (AvgIpc) is 3.62. The molecule has 1 aromatic carbocycles. The maximum atomic E-state index is 14.8. The Bertz CT molecular complexity index is 1370. The fraction of sp³-hybridized carbons (Fsp3) is 0.440. The fourth-order valence-electron chi connectivity index (χ4n) is 5.57. The van der Waals surface area contributed by atoms with Gasteiger partial charge in [-0.15, -0.1) is 5.10 Å². The minimum Gasteiger partial charge on any atom is -0.495 e. The zero-order chi connectivity index (χ0) is 25.5. The maximum absolute atomic E-state index is 14.8. The molecule has 1 amide bonds. The summed E-state index contributed by atoms with van der Waals surface area (Å²) in [6.45, 7) is 2.70. The van der Waals surface area contributed by atoms with E-state index in [1.165, 1.54) is 30.3 Å². The molecular weight excluding hydrogens is 479 g/mol. The summed E-state index contributed by atoms with van der Waals surface area (Å²) < 4.78 is 27.4. The molecule has 37 heavy (non-hydrogen) atoms. The molecular formula is C25H25FN8O3. The molecule has 0 radical (unpaired) electrons. The summed E-state index contributed by atoms with van der Waals surface area (Å²) in [5.41, 5.74) is 2.50. The number of amides is 1.